The van der Waals surface area contributed by atoms with Crippen LogP contribution >= 0.6 is 0 Å². The van der Waals surface area contributed by atoms with Crippen LogP contribution in [0.4, 0.5) is 0 Å². The summed E-state index contributed by atoms with van der Waals surface area (Å²) in [5.41, 5.74) is 1.93. The molecule has 78 valence electrons. The molecule has 19 heavy (non-hydrogen) atoms. The minimum atomic E-state index is 0.601. The molecule has 0 saturated carbocycles. The zero-order valence-corrected chi connectivity index (χ0v) is 11.3. The van der Waals surface area contributed by atoms with Crippen molar-refractivity contribution in [1.82, 2.24) is 0 Å². The second-order valence-corrected chi connectivity index (χ2v) is 5.35. The van der Waals surface area contributed by atoms with Crippen molar-refractivity contribution in [3.8, 4) is 0 Å². The molecule has 0 N–H and O–H groups in total. The van der Waals surface area contributed by atoms with Gasteiger partial charge in [-0.05, 0) is 5.82 Å². The Morgan fingerprint density at radius 3 is 2.89 bits per heavy atom. The summed E-state index contributed by atoms with van der Waals surface area (Å²) in [7, 11) is 17.7. The lowest BCUT2D eigenvalue weighted by molar-refractivity contribution is -0.702. The Bertz CT molecular complexity index is 412. The van der Waals surface area contributed by atoms with Crippen molar-refractivity contribution in [3.05, 3.63) is 30.1 Å². The SMILES string of the molecule is Cc1cccc[n+]1CC1B2[B][B][B][B][B][B][B]C1[B]2. The van der Waals surface area contributed by atoms with Gasteiger partial charge in [-0.15, -0.1) is 5.72 Å². The fourth-order valence-electron chi connectivity index (χ4n) is 2.88. The van der Waals surface area contributed by atoms with Gasteiger partial charge in [0.25, 0.3) is 0 Å². The maximum absolute atomic E-state index is 2.45. The predicted molar refractivity (Wildman–Crippen MR) is 90.7 cm³/mol. The highest BCUT2D eigenvalue weighted by molar-refractivity contribution is 7.72. The Balaban J connectivity index is 1.67. The number of fused-ring (bicyclic) bond motifs is 2. The third kappa shape index (κ3) is 3.25. The molecule has 1 nitrogen and oxygen atoms in total. The van der Waals surface area contributed by atoms with Gasteiger partial charge in [-0.2, -0.15) is 0 Å². The predicted octanol–water partition coefficient (Wildman–Crippen LogP) is -1.96. The van der Waals surface area contributed by atoms with Crippen LogP contribution in [-0.2, 0) is 6.54 Å². The largest absolute Gasteiger partial charge is 0.203 e. The van der Waals surface area contributed by atoms with E-state index in [1.54, 1.807) is 0 Å². The number of hydrogen-bond acceptors (Lipinski definition) is 0. The van der Waals surface area contributed by atoms with Gasteiger partial charge >= 0.3 is 0 Å². The average Bonchev–Trinajstić information content (AvgIpc) is 2.43. The summed E-state index contributed by atoms with van der Waals surface area (Å²) < 4.78 is 2.37. The molecule has 3 heterocycles. The summed E-state index contributed by atoms with van der Waals surface area (Å²) in [4.78, 5) is 0. The second kappa shape index (κ2) is 6.46. The van der Waals surface area contributed by atoms with Crippen LogP contribution in [0.5, 0.6) is 0 Å². The summed E-state index contributed by atoms with van der Waals surface area (Å²) >= 11 is 0. The first kappa shape index (κ1) is 13.7. The quantitative estimate of drug-likeness (QED) is 0.410. The maximum Gasteiger partial charge on any atom is 0.178 e. The van der Waals surface area contributed by atoms with Crippen LogP contribution < -0.4 is 4.57 Å². The van der Waals surface area contributed by atoms with Crippen LogP contribution in [-0.4, -0.2) is 63.2 Å². The first-order valence-electron chi connectivity index (χ1n) is 6.99. The molecular formula is C9H11B9N+. The van der Waals surface area contributed by atoms with Gasteiger partial charge in [-0.25, -0.2) is 4.57 Å². The molecule has 3 rings (SSSR count). The Morgan fingerprint density at radius 1 is 1.16 bits per heavy atom. The maximum atomic E-state index is 2.45. The monoisotopic (exact) mass is 232 g/mol. The van der Waals surface area contributed by atoms with E-state index in [0.29, 0.717) is 18.0 Å². The van der Waals surface area contributed by atoms with Gasteiger partial charge in [0, 0.05) is 68.6 Å². The fraction of sp³-hybridized carbons (Fsp3) is 0.444. The van der Waals surface area contributed by atoms with Crippen LogP contribution in [0.15, 0.2) is 24.4 Å². The Morgan fingerprint density at radius 2 is 2.00 bits per heavy atom. The average molecular weight is 231 g/mol. The number of pyridine rings is 1. The van der Waals surface area contributed by atoms with Crippen LogP contribution in [0.3, 0.4) is 0 Å². The molecule has 2 aliphatic rings. The summed E-state index contributed by atoms with van der Waals surface area (Å²) in [6.07, 6.45) is 2.19. The molecule has 0 aliphatic carbocycles. The Hall–Kier alpha value is -0.266. The van der Waals surface area contributed by atoms with Crippen molar-refractivity contribution in [2.75, 3.05) is 0 Å². The second-order valence-electron chi connectivity index (χ2n) is 5.35. The number of nitrogens with zero attached hydrogens (tertiary/aromatic N) is 1. The number of aryl methyl sites for hydroxylation is 1. The topological polar surface area (TPSA) is 3.88 Å². The lowest BCUT2D eigenvalue weighted by Gasteiger charge is -2.42. The van der Waals surface area contributed by atoms with Gasteiger partial charge in [0.2, 0.25) is 0 Å². The van der Waals surface area contributed by atoms with Gasteiger partial charge in [0.1, 0.15) is 6.54 Å². The van der Waals surface area contributed by atoms with E-state index in [2.05, 4.69) is 92.6 Å². The lowest BCUT2D eigenvalue weighted by atomic mass is 8.75. The van der Waals surface area contributed by atoms with E-state index in [9.17, 15) is 0 Å². The van der Waals surface area contributed by atoms with Crippen LogP contribution in [0.1, 0.15) is 5.69 Å². The minimum absolute atomic E-state index is 0.601. The third-order valence-corrected chi connectivity index (χ3v) is 4.12. The molecule has 2 atom stereocenters. The molecular weight excluding hydrogens is 219 g/mol. The van der Waals surface area contributed by atoms with E-state index >= 15 is 0 Å². The van der Waals surface area contributed by atoms with E-state index in [0.717, 1.165) is 6.54 Å². The van der Waals surface area contributed by atoms with Gasteiger partial charge in [-0.1, -0.05) is 6.07 Å². The lowest BCUT2D eigenvalue weighted by Crippen LogP contribution is -2.61. The van der Waals surface area contributed by atoms with E-state index in [4.69, 9.17) is 0 Å². The van der Waals surface area contributed by atoms with Crippen LogP contribution in [0.2, 0.25) is 11.5 Å². The van der Waals surface area contributed by atoms with Crippen molar-refractivity contribution in [3.63, 3.8) is 0 Å². The smallest absolute Gasteiger partial charge is 0.178 e. The van der Waals surface area contributed by atoms with Crippen molar-refractivity contribution in [2.24, 2.45) is 0 Å². The first-order chi connectivity index (χ1) is 9.34. The van der Waals surface area contributed by atoms with Crippen molar-refractivity contribution >= 4 is 63.2 Å². The molecule has 2 fully saturated rings. The highest BCUT2D eigenvalue weighted by Crippen LogP contribution is 2.36. The van der Waals surface area contributed by atoms with Crippen molar-refractivity contribution in [1.29, 1.82) is 0 Å². The molecule has 0 amide bonds. The first-order valence-corrected chi connectivity index (χ1v) is 6.99. The normalized spacial score (nSPS) is 24.4. The Labute approximate surface area is 123 Å². The highest BCUT2D eigenvalue weighted by Gasteiger charge is 2.44. The standard InChI is InChI=1S/C9H11B9N/c1-7-4-2-3-5-19(7)6-8-9-10-12-13-14-15-16-17-18(8)11-9/h2-5,8-9H,6H2,1H3/q+1. The zero-order chi connectivity index (χ0) is 13.1. The highest BCUT2D eigenvalue weighted by atomic mass is 14.9. The zero-order valence-electron chi connectivity index (χ0n) is 11.3. The summed E-state index contributed by atoms with van der Waals surface area (Å²) in [5, 5.41) is 0. The number of hydrogen-bond donors (Lipinski definition) is 0. The summed E-state index contributed by atoms with van der Waals surface area (Å²) in [6.45, 7) is 3.87. The van der Waals surface area contributed by atoms with E-state index in [1.807, 2.05) is 0 Å². The summed E-state index contributed by atoms with van der Waals surface area (Å²) in [6, 6.07) is 6.40. The van der Waals surface area contributed by atoms with Crippen LogP contribution in [0, 0.1) is 6.92 Å². The molecule has 2 aliphatic heterocycles. The van der Waals surface area contributed by atoms with Crippen molar-refractivity contribution < 1.29 is 4.57 Å². The fourth-order valence-corrected chi connectivity index (χ4v) is 2.88. The Kier molecular flexibility index (Phi) is 4.66. The van der Waals surface area contributed by atoms with E-state index in [1.165, 1.54) is 5.69 Å². The molecule has 0 spiro atoms. The van der Waals surface area contributed by atoms with Gasteiger partial charge < -0.3 is 0 Å². The number of aromatic nitrogens is 1. The van der Waals surface area contributed by atoms with Crippen LogP contribution in [0.25, 0.3) is 0 Å². The third-order valence-electron chi connectivity index (χ3n) is 4.12. The molecule has 1 aromatic heterocycles. The molecule has 10 heteroatoms. The number of rotatable bonds is 2. The molecule has 2 saturated heterocycles. The van der Waals surface area contributed by atoms with Gasteiger partial charge in [0.15, 0.2) is 11.9 Å². The molecule has 0 aromatic carbocycles. The minimum Gasteiger partial charge on any atom is -0.203 e. The molecule has 1 aromatic rings. The van der Waals surface area contributed by atoms with E-state index in [-0.39, 0.29) is 0 Å². The molecule has 2 bridgehead atoms. The molecule has 8 radical (unpaired) electrons. The van der Waals surface area contributed by atoms with Crippen molar-refractivity contribution in [2.45, 2.75) is 25.0 Å². The van der Waals surface area contributed by atoms with Gasteiger partial charge in [-0.3, -0.25) is 0 Å². The summed E-state index contributed by atoms with van der Waals surface area (Å²) in [5.74, 6) is 0.679. The van der Waals surface area contributed by atoms with Gasteiger partial charge in [0.05, 0.1) is 13.7 Å². The van der Waals surface area contributed by atoms with E-state index < -0.39 is 0 Å². The molecule has 2 unspecified atom stereocenters.